The number of pyridine rings is 1. The molecule has 1 amide bonds. The van der Waals surface area contributed by atoms with Gasteiger partial charge in [-0.2, -0.15) is 0 Å². The topological polar surface area (TPSA) is 42.3 Å². The van der Waals surface area contributed by atoms with Crippen LogP contribution in [0.2, 0.25) is 0 Å². The van der Waals surface area contributed by atoms with Crippen molar-refractivity contribution in [3.05, 3.63) is 75.6 Å². The number of carbonyl (C=O) groups excluding carboxylic acids is 1. The molecule has 0 saturated heterocycles. The van der Waals surface area contributed by atoms with E-state index in [1.165, 1.54) is 5.56 Å². The summed E-state index contributed by atoms with van der Waals surface area (Å²) in [5, 5.41) is 1.09. The van der Waals surface area contributed by atoms with Crippen molar-refractivity contribution in [3.8, 4) is 0 Å². The highest BCUT2D eigenvalue weighted by Crippen LogP contribution is 2.43. The summed E-state index contributed by atoms with van der Waals surface area (Å²) in [6.07, 6.45) is 4.38. The highest BCUT2D eigenvalue weighted by Gasteiger charge is 2.27. The maximum atomic E-state index is 13.0. The number of fused-ring (bicyclic) bond motifs is 1. The summed E-state index contributed by atoms with van der Waals surface area (Å²) in [6.45, 7) is 4.78. The molecule has 1 aliphatic carbocycles. The Hall–Kier alpha value is -2.88. The number of rotatable bonds is 6. The first-order chi connectivity index (χ1) is 14.0. The van der Waals surface area contributed by atoms with E-state index in [0.717, 1.165) is 47.8 Å². The number of hydrogen-bond acceptors (Lipinski definition) is 2. The third kappa shape index (κ3) is 3.71. The predicted molar refractivity (Wildman–Crippen MR) is 119 cm³/mol. The van der Waals surface area contributed by atoms with Crippen LogP contribution in [0, 0.1) is 0 Å². The van der Waals surface area contributed by atoms with Gasteiger partial charge in [-0.3, -0.25) is 9.59 Å². The minimum Gasteiger partial charge on any atom is -0.311 e. The van der Waals surface area contributed by atoms with Crippen molar-refractivity contribution in [2.45, 2.75) is 52.0 Å². The molecule has 1 fully saturated rings. The summed E-state index contributed by atoms with van der Waals surface area (Å²) in [5.41, 5.74) is 4.93. The Morgan fingerprint density at radius 2 is 1.79 bits per heavy atom. The molecule has 0 bridgehead atoms. The predicted octanol–water partition coefficient (Wildman–Crippen LogP) is 5.13. The molecule has 1 heterocycles. The molecule has 4 rings (SSSR count). The Labute approximate surface area is 171 Å². The molecule has 29 heavy (non-hydrogen) atoms. The summed E-state index contributed by atoms with van der Waals surface area (Å²) < 4.78 is 1.80. The van der Waals surface area contributed by atoms with Crippen molar-refractivity contribution in [3.63, 3.8) is 0 Å². The SMILES string of the molecule is CCCc1ccc(C(=O)N(C)c2ccc3c(c2)c(C2CC2)cc(=O)n3CC)cc1. The average Bonchev–Trinajstić information content (AvgIpc) is 3.58. The molecule has 3 aromatic rings. The summed E-state index contributed by atoms with van der Waals surface area (Å²) in [5.74, 6) is 0.447. The minimum absolute atomic E-state index is 0.0239. The van der Waals surface area contributed by atoms with Gasteiger partial charge in [-0.05, 0) is 73.6 Å². The third-order valence-electron chi connectivity index (χ3n) is 5.89. The number of anilines is 1. The molecule has 0 atom stereocenters. The van der Waals surface area contributed by atoms with Crippen LogP contribution >= 0.6 is 0 Å². The van der Waals surface area contributed by atoms with Crippen LogP contribution in [-0.2, 0) is 13.0 Å². The number of nitrogens with zero attached hydrogens (tertiary/aromatic N) is 2. The summed E-state index contributed by atoms with van der Waals surface area (Å²) in [7, 11) is 1.82. The summed E-state index contributed by atoms with van der Waals surface area (Å²) in [4.78, 5) is 27.2. The highest BCUT2D eigenvalue weighted by molar-refractivity contribution is 6.06. The molecule has 0 aliphatic heterocycles. The van der Waals surface area contributed by atoms with Gasteiger partial charge in [-0.15, -0.1) is 0 Å². The number of aromatic nitrogens is 1. The zero-order valence-corrected chi connectivity index (χ0v) is 17.4. The lowest BCUT2D eigenvalue weighted by molar-refractivity contribution is 0.0993. The molecule has 1 aromatic heterocycles. The van der Waals surface area contributed by atoms with Gasteiger partial charge < -0.3 is 9.47 Å². The molecule has 1 aliphatic rings. The molecule has 0 spiro atoms. The molecule has 0 unspecified atom stereocenters. The van der Waals surface area contributed by atoms with Crippen LogP contribution in [0.25, 0.3) is 10.9 Å². The van der Waals surface area contributed by atoms with Crippen LogP contribution in [0.3, 0.4) is 0 Å². The van der Waals surface area contributed by atoms with Crippen molar-refractivity contribution in [1.29, 1.82) is 0 Å². The van der Waals surface area contributed by atoms with Gasteiger partial charge in [0, 0.05) is 36.3 Å². The van der Waals surface area contributed by atoms with Gasteiger partial charge in [0.05, 0.1) is 5.52 Å². The number of aryl methyl sites for hydroxylation is 2. The van der Waals surface area contributed by atoms with E-state index in [-0.39, 0.29) is 11.5 Å². The lowest BCUT2D eigenvalue weighted by atomic mass is 10.0. The second-order valence-electron chi connectivity index (χ2n) is 7.97. The molecule has 0 radical (unpaired) electrons. The average molecular weight is 389 g/mol. The van der Waals surface area contributed by atoms with E-state index >= 15 is 0 Å². The van der Waals surface area contributed by atoms with Crippen molar-refractivity contribution in [2.24, 2.45) is 0 Å². The Bertz CT molecular complexity index is 1110. The molecule has 150 valence electrons. The number of hydrogen-bond donors (Lipinski definition) is 0. The fraction of sp³-hybridized carbons (Fsp3) is 0.360. The largest absolute Gasteiger partial charge is 0.311 e. The monoisotopic (exact) mass is 388 g/mol. The normalized spacial score (nSPS) is 13.6. The molecule has 1 saturated carbocycles. The van der Waals surface area contributed by atoms with Crippen molar-refractivity contribution >= 4 is 22.5 Å². The van der Waals surface area contributed by atoms with Gasteiger partial charge in [0.2, 0.25) is 0 Å². The summed E-state index contributed by atoms with van der Waals surface area (Å²) in [6, 6.07) is 15.7. The van der Waals surface area contributed by atoms with Crippen LogP contribution in [0.4, 0.5) is 5.69 Å². The van der Waals surface area contributed by atoms with Crippen LogP contribution in [0.5, 0.6) is 0 Å². The molecule has 4 nitrogen and oxygen atoms in total. The fourth-order valence-corrected chi connectivity index (χ4v) is 4.08. The van der Waals surface area contributed by atoms with Gasteiger partial charge >= 0.3 is 0 Å². The van der Waals surface area contributed by atoms with Crippen LogP contribution in [0.1, 0.15) is 60.5 Å². The van der Waals surface area contributed by atoms with Gasteiger partial charge in [-0.1, -0.05) is 25.5 Å². The van der Waals surface area contributed by atoms with E-state index in [1.54, 1.807) is 15.5 Å². The second-order valence-corrected chi connectivity index (χ2v) is 7.97. The van der Waals surface area contributed by atoms with Gasteiger partial charge in [0.1, 0.15) is 0 Å². The first kappa shape index (κ1) is 19.4. The van der Waals surface area contributed by atoms with Gasteiger partial charge in [-0.25, -0.2) is 0 Å². The lowest BCUT2D eigenvalue weighted by Crippen LogP contribution is -2.26. The Kier molecular flexibility index (Phi) is 5.27. The maximum absolute atomic E-state index is 13.0. The minimum atomic E-state index is -0.0239. The molecular weight excluding hydrogens is 360 g/mol. The number of benzene rings is 2. The van der Waals surface area contributed by atoms with E-state index in [2.05, 4.69) is 13.0 Å². The first-order valence-electron chi connectivity index (χ1n) is 10.6. The molecule has 4 heteroatoms. The number of amides is 1. The smallest absolute Gasteiger partial charge is 0.258 e. The summed E-state index contributed by atoms with van der Waals surface area (Å²) >= 11 is 0. The maximum Gasteiger partial charge on any atom is 0.258 e. The van der Waals surface area contributed by atoms with Crippen LogP contribution < -0.4 is 10.5 Å². The lowest BCUT2D eigenvalue weighted by Gasteiger charge is -2.20. The van der Waals surface area contributed by atoms with Crippen LogP contribution in [0.15, 0.2) is 53.3 Å². The van der Waals surface area contributed by atoms with Gasteiger partial charge in [0.15, 0.2) is 0 Å². The Morgan fingerprint density at radius 1 is 1.07 bits per heavy atom. The van der Waals surface area contributed by atoms with Crippen molar-refractivity contribution in [1.82, 2.24) is 4.57 Å². The molecular formula is C25H28N2O2. The van der Waals surface area contributed by atoms with E-state index in [9.17, 15) is 9.59 Å². The zero-order chi connectivity index (χ0) is 20.5. The first-order valence-corrected chi connectivity index (χ1v) is 10.6. The standard InChI is InChI=1S/C25H28N2O2/c1-4-6-17-7-9-19(10-8-17)25(29)26(3)20-13-14-23-22(15-20)21(18-11-12-18)16-24(28)27(23)5-2/h7-10,13-16,18H,4-6,11-12H2,1-3H3. The third-order valence-corrected chi connectivity index (χ3v) is 5.89. The Morgan fingerprint density at radius 3 is 2.41 bits per heavy atom. The van der Waals surface area contributed by atoms with Crippen molar-refractivity contribution in [2.75, 3.05) is 11.9 Å². The number of carbonyl (C=O) groups is 1. The van der Waals surface area contributed by atoms with E-state index < -0.39 is 0 Å². The fourth-order valence-electron chi connectivity index (χ4n) is 4.08. The zero-order valence-electron chi connectivity index (χ0n) is 17.4. The van der Waals surface area contributed by atoms with E-state index in [0.29, 0.717) is 18.0 Å². The highest BCUT2D eigenvalue weighted by atomic mass is 16.2. The second kappa shape index (κ2) is 7.86. The quantitative estimate of drug-likeness (QED) is 0.588. The molecule has 0 N–H and O–H groups in total. The Balaban J connectivity index is 1.71. The van der Waals surface area contributed by atoms with Gasteiger partial charge in [0.25, 0.3) is 11.5 Å². The van der Waals surface area contributed by atoms with Crippen molar-refractivity contribution < 1.29 is 4.79 Å². The van der Waals surface area contributed by atoms with Crippen LogP contribution in [-0.4, -0.2) is 17.5 Å². The van der Waals surface area contributed by atoms with E-state index in [1.807, 2.05) is 50.4 Å². The van der Waals surface area contributed by atoms with E-state index in [4.69, 9.17) is 0 Å². The molecule has 2 aromatic carbocycles.